The minimum absolute atomic E-state index is 0.241. The van der Waals surface area contributed by atoms with Crippen molar-refractivity contribution in [3.63, 3.8) is 0 Å². The Morgan fingerprint density at radius 1 is 1.21 bits per heavy atom. The number of hydrogen-bond donors (Lipinski definition) is 0. The lowest BCUT2D eigenvalue weighted by molar-refractivity contribution is -0.129. The van der Waals surface area contributed by atoms with Crippen LogP contribution in [0.25, 0.3) is 0 Å². The molecule has 0 unspecified atom stereocenters. The molecule has 0 bridgehead atoms. The fourth-order valence-electron chi connectivity index (χ4n) is 1.46. The van der Waals surface area contributed by atoms with E-state index in [0.29, 0.717) is 6.42 Å². The van der Waals surface area contributed by atoms with Gasteiger partial charge in [-0.2, -0.15) is 0 Å². The van der Waals surface area contributed by atoms with Gasteiger partial charge in [0.1, 0.15) is 0 Å². The molecule has 0 N–H and O–H groups in total. The van der Waals surface area contributed by atoms with Gasteiger partial charge in [0.15, 0.2) is 0 Å². The molecule has 0 aliphatic rings. The maximum Gasteiger partial charge on any atom is 0.226 e. The first kappa shape index (κ1) is 13.2. The van der Waals surface area contributed by atoms with Gasteiger partial charge in [0.2, 0.25) is 5.91 Å². The Morgan fingerprint density at radius 3 is 2.21 bits per heavy atom. The van der Waals surface area contributed by atoms with Crippen LogP contribution in [0.4, 0.5) is 0 Å². The summed E-state index contributed by atoms with van der Waals surface area (Å²) in [5.74, 6) is 0.241. The second-order valence-corrected chi connectivity index (χ2v) is 3.57. The van der Waals surface area contributed by atoms with Gasteiger partial charge in [0.05, 0.1) is 0 Å². The molecule has 0 heterocycles. The summed E-state index contributed by atoms with van der Waals surface area (Å²) in [6, 6.07) is 0. The summed E-state index contributed by atoms with van der Waals surface area (Å²) in [6.07, 6.45) is 4.88. The predicted molar refractivity (Wildman–Crippen MR) is 61.2 cm³/mol. The number of carbonyl (C=O) groups is 1. The molecule has 0 atom stereocenters. The zero-order valence-corrected chi connectivity index (χ0v) is 9.97. The molecule has 0 aromatic rings. The van der Waals surface area contributed by atoms with Crippen LogP contribution in [0.5, 0.6) is 0 Å². The van der Waals surface area contributed by atoms with Gasteiger partial charge in [-0.05, 0) is 27.2 Å². The first-order valence-electron chi connectivity index (χ1n) is 5.59. The summed E-state index contributed by atoms with van der Waals surface area (Å²) in [4.78, 5) is 13.5. The smallest absolute Gasteiger partial charge is 0.226 e. The highest BCUT2D eigenvalue weighted by Gasteiger charge is 2.06. The predicted octanol–water partition coefficient (Wildman–Crippen LogP) is 2.99. The van der Waals surface area contributed by atoms with Crippen molar-refractivity contribution in [2.75, 3.05) is 13.1 Å². The Kier molecular flexibility index (Phi) is 7.17. The second-order valence-electron chi connectivity index (χ2n) is 3.57. The number of amides is 1. The quantitative estimate of drug-likeness (QED) is 0.599. The van der Waals surface area contributed by atoms with Crippen molar-refractivity contribution in [2.24, 2.45) is 0 Å². The van der Waals surface area contributed by atoms with Gasteiger partial charge in [0, 0.05) is 19.5 Å². The molecule has 0 aliphatic heterocycles. The minimum atomic E-state index is 0.241. The first-order valence-corrected chi connectivity index (χ1v) is 5.59. The van der Waals surface area contributed by atoms with E-state index in [9.17, 15) is 4.79 Å². The summed E-state index contributed by atoms with van der Waals surface area (Å²) in [5.41, 5.74) is 1.33. The topological polar surface area (TPSA) is 20.3 Å². The van der Waals surface area contributed by atoms with Gasteiger partial charge in [-0.15, -0.1) is 0 Å². The number of hydrogen-bond acceptors (Lipinski definition) is 1. The van der Waals surface area contributed by atoms with Crippen molar-refractivity contribution < 1.29 is 4.79 Å². The zero-order chi connectivity index (χ0) is 11.0. The Labute approximate surface area is 88.0 Å². The van der Waals surface area contributed by atoms with Crippen molar-refractivity contribution in [3.8, 4) is 0 Å². The lowest BCUT2D eigenvalue weighted by Crippen LogP contribution is -2.29. The van der Waals surface area contributed by atoms with E-state index in [0.717, 1.165) is 25.9 Å². The second kappa shape index (κ2) is 7.60. The molecule has 0 saturated carbocycles. The molecule has 0 aromatic carbocycles. The number of allylic oxidation sites excluding steroid dienone is 1. The molecule has 14 heavy (non-hydrogen) atoms. The van der Waals surface area contributed by atoms with E-state index in [1.54, 1.807) is 0 Å². The van der Waals surface area contributed by atoms with E-state index in [-0.39, 0.29) is 5.91 Å². The van der Waals surface area contributed by atoms with Crippen LogP contribution in [-0.4, -0.2) is 23.9 Å². The molecule has 0 saturated heterocycles. The fourth-order valence-corrected chi connectivity index (χ4v) is 1.46. The third kappa shape index (κ3) is 5.05. The van der Waals surface area contributed by atoms with E-state index in [2.05, 4.69) is 19.9 Å². The van der Waals surface area contributed by atoms with E-state index >= 15 is 0 Å². The molecule has 0 fully saturated rings. The summed E-state index contributed by atoms with van der Waals surface area (Å²) in [6.45, 7) is 9.92. The molecular formula is C12H23NO. The van der Waals surface area contributed by atoms with Crippen LogP contribution in [0, 0.1) is 0 Å². The van der Waals surface area contributed by atoms with Gasteiger partial charge in [-0.25, -0.2) is 0 Å². The summed E-state index contributed by atoms with van der Waals surface area (Å²) in [5, 5.41) is 0. The Bertz CT molecular complexity index is 192. The molecule has 2 nitrogen and oxygen atoms in total. The lowest BCUT2D eigenvalue weighted by atomic mass is 10.1. The highest BCUT2D eigenvalue weighted by atomic mass is 16.2. The van der Waals surface area contributed by atoms with E-state index in [1.165, 1.54) is 5.57 Å². The Morgan fingerprint density at radius 2 is 1.79 bits per heavy atom. The maximum absolute atomic E-state index is 11.6. The van der Waals surface area contributed by atoms with Gasteiger partial charge in [-0.1, -0.05) is 25.0 Å². The standard InChI is InChI=1S/C12H23NO/c1-5-8-11(4)9-10-12(14)13(6-2)7-3/h9H,5-8,10H2,1-4H3/b11-9+. The molecule has 2 heteroatoms. The Balaban J connectivity index is 3.99. The van der Waals surface area contributed by atoms with Crippen LogP contribution in [0.3, 0.4) is 0 Å². The highest BCUT2D eigenvalue weighted by Crippen LogP contribution is 2.05. The average Bonchev–Trinajstić information content (AvgIpc) is 2.17. The van der Waals surface area contributed by atoms with Crippen molar-refractivity contribution in [1.82, 2.24) is 4.90 Å². The minimum Gasteiger partial charge on any atom is -0.343 e. The lowest BCUT2D eigenvalue weighted by Gasteiger charge is -2.17. The molecule has 0 aliphatic carbocycles. The monoisotopic (exact) mass is 197 g/mol. The zero-order valence-electron chi connectivity index (χ0n) is 9.97. The summed E-state index contributed by atoms with van der Waals surface area (Å²) >= 11 is 0. The molecule has 0 radical (unpaired) electrons. The van der Waals surface area contributed by atoms with Crippen LogP contribution in [0.2, 0.25) is 0 Å². The van der Waals surface area contributed by atoms with Gasteiger partial charge in [-0.3, -0.25) is 4.79 Å². The largest absolute Gasteiger partial charge is 0.343 e. The normalized spacial score (nSPS) is 11.6. The average molecular weight is 197 g/mol. The van der Waals surface area contributed by atoms with Crippen LogP contribution >= 0.6 is 0 Å². The number of rotatable bonds is 6. The first-order chi connectivity index (χ1) is 6.65. The number of carbonyl (C=O) groups excluding carboxylic acids is 1. The van der Waals surface area contributed by atoms with Gasteiger partial charge in [0.25, 0.3) is 0 Å². The molecule has 0 spiro atoms. The maximum atomic E-state index is 11.6. The highest BCUT2D eigenvalue weighted by molar-refractivity contribution is 5.77. The van der Waals surface area contributed by atoms with E-state index in [1.807, 2.05) is 18.7 Å². The molecule has 1 amide bonds. The Hall–Kier alpha value is -0.790. The van der Waals surface area contributed by atoms with E-state index in [4.69, 9.17) is 0 Å². The van der Waals surface area contributed by atoms with Crippen LogP contribution < -0.4 is 0 Å². The van der Waals surface area contributed by atoms with Gasteiger partial charge >= 0.3 is 0 Å². The van der Waals surface area contributed by atoms with E-state index < -0.39 is 0 Å². The summed E-state index contributed by atoms with van der Waals surface area (Å²) in [7, 11) is 0. The van der Waals surface area contributed by atoms with Crippen molar-refractivity contribution in [3.05, 3.63) is 11.6 Å². The van der Waals surface area contributed by atoms with Crippen molar-refractivity contribution >= 4 is 5.91 Å². The molecule has 0 aromatic heterocycles. The SMILES string of the molecule is CCC/C(C)=C/CC(=O)N(CC)CC. The summed E-state index contributed by atoms with van der Waals surface area (Å²) < 4.78 is 0. The molecular weight excluding hydrogens is 174 g/mol. The third-order valence-electron chi connectivity index (χ3n) is 2.39. The van der Waals surface area contributed by atoms with Crippen LogP contribution in [-0.2, 0) is 4.79 Å². The third-order valence-corrected chi connectivity index (χ3v) is 2.39. The number of nitrogens with zero attached hydrogens (tertiary/aromatic N) is 1. The molecule has 0 rings (SSSR count). The fraction of sp³-hybridized carbons (Fsp3) is 0.750. The van der Waals surface area contributed by atoms with Crippen molar-refractivity contribution in [2.45, 2.75) is 47.0 Å². The van der Waals surface area contributed by atoms with Crippen molar-refractivity contribution in [1.29, 1.82) is 0 Å². The van der Waals surface area contributed by atoms with Crippen LogP contribution in [0.1, 0.15) is 47.0 Å². The van der Waals surface area contributed by atoms with Crippen LogP contribution in [0.15, 0.2) is 11.6 Å². The van der Waals surface area contributed by atoms with Gasteiger partial charge < -0.3 is 4.90 Å². The molecule has 82 valence electrons.